The number of thiazole rings is 1. The number of carbonyl (C=O) groups is 1. The molecule has 24 heavy (non-hydrogen) atoms. The summed E-state index contributed by atoms with van der Waals surface area (Å²) < 4.78 is 10.6. The van der Waals surface area contributed by atoms with Crippen LogP contribution in [0.3, 0.4) is 0 Å². The first kappa shape index (κ1) is 16.2. The third-order valence-electron chi connectivity index (χ3n) is 3.60. The van der Waals surface area contributed by atoms with Crippen molar-refractivity contribution in [2.75, 3.05) is 7.11 Å². The molecule has 3 rings (SSSR count). The van der Waals surface area contributed by atoms with Crippen LogP contribution in [-0.2, 0) is 4.74 Å². The van der Waals surface area contributed by atoms with E-state index in [1.807, 2.05) is 61.5 Å². The normalized spacial score (nSPS) is 11.8. The fraction of sp³-hybridized carbons (Fsp3) is 0.158. The Morgan fingerprint density at radius 1 is 1.08 bits per heavy atom. The fourth-order valence-electron chi connectivity index (χ4n) is 2.25. The van der Waals surface area contributed by atoms with Crippen LogP contribution in [-0.4, -0.2) is 18.1 Å². The summed E-state index contributed by atoms with van der Waals surface area (Å²) in [6.07, 6.45) is -0.315. The molecule has 2 aromatic carbocycles. The van der Waals surface area contributed by atoms with Gasteiger partial charge in [-0.05, 0) is 36.8 Å². The highest BCUT2D eigenvalue weighted by Crippen LogP contribution is 2.27. The number of hydrogen-bond donors (Lipinski definition) is 0. The van der Waals surface area contributed by atoms with Crippen molar-refractivity contribution < 1.29 is 14.3 Å². The molecular formula is C19H17NO3S. The standard InChI is InChI=1S/C19H17NO3S/c1-13(14-6-4-3-5-7-14)23-19(21)17-12-24-18(20-17)15-8-10-16(22-2)11-9-15/h3-13H,1-2H3/t13-/m1/s1. The van der Waals surface area contributed by atoms with E-state index in [0.717, 1.165) is 21.9 Å². The molecule has 5 heteroatoms. The van der Waals surface area contributed by atoms with Gasteiger partial charge in [-0.2, -0.15) is 0 Å². The van der Waals surface area contributed by atoms with Crippen LogP contribution in [0, 0.1) is 0 Å². The second kappa shape index (κ2) is 7.27. The molecule has 0 aliphatic rings. The van der Waals surface area contributed by atoms with E-state index in [-0.39, 0.29) is 6.10 Å². The van der Waals surface area contributed by atoms with Crippen molar-refractivity contribution in [3.05, 3.63) is 71.2 Å². The predicted octanol–water partition coefficient (Wildman–Crippen LogP) is 4.74. The molecule has 0 saturated carbocycles. The number of methoxy groups -OCH3 is 1. The molecular weight excluding hydrogens is 322 g/mol. The lowest BCUT2D eigenvalue weighted by Gasteiger charge is -2.12. The Hall–Kier alpha value is -2.66. The summed E-state index contributed by atoms with van der Waals surface area (Å²) in [7, 11) is 1.63. The first-order valence-corrected chi connectivity index (χ1v) is 8.41. The van der Waals surface area contributed by atoms with Gasteiger partial charge in [-0.25, -0.2) is 9.78 Å². The number of esters is 1. The van der Waals surface area contributed by atoms with Crippen molar-refractivity contribution in [2.24, 2.45) is 0 Å². The van der Waals surface area contributed by atoms with Crippen molar-refractivity contribution >= 4 is 17.3 Å². The zero-order valence-corrected chi connectivity index (χ0v) is 14.2. The third kappa shape index (κ3) is 3.63. The summed E-state index contributed by atoms with van der Waals surface area (Å²) in [5, 5.41) is 2.50. The Kier molecular flexibility index (Phi) is 4.91. The molecule has 122 valence electrons. The molecule has 0 saturated heterocycles. The first-order valence-electron chi connectivity index (χ1n) is 7.53. The smallest absolute Gasteiger partial charge is 0.358 e. The third-order valence-corrected chi connectivity index (χ3v) is 4.49. The van der Waals surface area contributed by atoms with E-state index in [4.69, 9.17) is 9.47 Å². The van der Waals surface area contributed by atoms with Crippen molar-refractivity contribution in [3.63, 3.8) is 0 Å². The molecule has 4 nitrogen and oxygen atoms in total. The summed E-state index contributed by atoms with van der Waals surface area (Å²) in [5.41, 5.74) is 2.22. The van der Waals surface area contributed by atoms with Crippen LogP contribution < -0.4 is 4.74 Å². The molecule has 1 aromatic heterocycles. The maximum atomic E-state index is 12.3. The molecule has 0 spiro atoms. The summed E-state index contributed by atoms with van der Waals surface area (Å²) >= 11 is 1.41. The lowest BCUT2D eigenvalue weighted by Crippen LogP contribution is -2.09. The van der Waals surface area contributed by atoms with Crippen molar-refractivity contribution in [1.82, 2.24) is 4.98 Å². The largest absolute Gasteiger partial charge is 0.497 e. The number of aromatic nitrogens is 1. The van der Waals surface area contributed by atoms with Gasteiger partial charge in [0.1, 0.15) is 16.9 Å². The number of hydrogen-bond acceptors (Lipinski definition) is 5. The number of rotatable bonds is 5. The molecule has 1 heterocycles. The van der Waals surface area contributed by atoms with Crippen LogP contribution >= 0.6 is 11.3 Å². The van der Waals surface area contributed by atoms with E-state index < -0.39 is 5.97 Å². The van der Waals surface area contributed by atoms with Gasteiger partial charge >= 0.3 is 5.97 Å². The lowest BCUT2D eigenvalue weighted by molar-refractivity contribution is 0.0332. The van der Waals surface area contributed by atoms with Gasteiger partial charge in [0, 0.05) is 10.9 Å². The van der Waals surface area contributed by atoms with Crippen LogP contribution in [0.5, 0.6) is 5.75 Å². The highest BCUT2D eigenvalue weighted by Gasteiger charge is 2.17. The predicted molar refractivity (Wildman–Crippen MR) is 94.4 cm³/mol. The molecule has 0 unspecified atom stereocenters. The highest BCUT2D eigenvalue weighted by atomic mass is 32.1. The van der Waals surface area contributed by atoms with E-state index >= 15 is 0 Å². The second-order valence-electron chi connectivity index (χ2n) is 5.22. The Morgan fingerprint density at radius 2 is 1.79 bits per heavy atom. The molecule has 3 aromatic rings. The van der Waals surface area contributed by atoms with Gasteiger partial charge in [0.2, 0.25) is 0 Å². The molecule has 1 atom stereocenters. The monoisotopic (exact) mass is 339 g/mol. The van der Waals surface area contributed by atoms with E-state index in [0.29, 0.717) is 5.69 Å². The van der Waals surface area contributed by atoms with Gasteiger partial charge in [0.15, 0.2) is 5.69 Å². The minimum Gasteiger partial charge on any atom is -0.497 e. The average Bonchev–Trinajstić information content (AvgIpc) is 3.13. The fourth-order valence-corrected chi connectivity index (χ4v) is 3.04. The quantitative estimate of drug-likeness (QED) is 0.630. The molecule has 0 fully saturated rings. The molecule has 0 bridgehead atoms. The zero-order valence-electron chi connectivity index (χ0n) is 13.4. The molecule has 0 radical (unpaired) electrons. The number of carbonyl (C=O) groups excluding carboxylic acids is 1. The molecule has 0 amide bonds. The van der Waals surface area contributed by atoms with Gasteiger partial charge in [-0.15, -0.1) is 11.3 Å². The van der Waals surface area contributed by atoms with Crippen LogP contribution in [0.15, 0.2) is 60.0 Å². The molecule has 0 aliphatic heterocycles. The highest BCUT2D eigenvalue weighted by molar-refractivity contribution is 7.13. The topological polar surface area (TPSA) is 48.4 Å². The Balaban J connectivity index is 1.71. The molecule has 0 N–H and O–H groups in total. The van der Waals surface area contributed by atoms with E-state index in [9.17, 15) is 4.79 Å². The van der Waals surface area contributed by atoms with Crippen LogP contribution in [0.1, 0.15) is 29.1 Å². The van der Waals surface area contributed by atoms with Crippen LogP contribution in [0.4, 0.5) is 0 Å². The number of nitrogens with zero attached hydrogens (tertiary/aromatic N) is 1. The summed E-state index contributed by atoms with van der Waals surface area (Å²) in [6.45, 7) is 1.85. The van der Waals surface area contributed by atoms with E-state index in [1.54, 1.807) is 12.5 Å². The second-order valence-corrected chi connectivity index (χ2v) is 6.08. The summed E-state index contributed by atoms with van der Waals surface area (Å²) in [5.74, 6) is 0.369. The Bertz CT molecular complexity index is 812. The molecule has 0 aliphatic carbocycles. The van der Waals surface area contributed by atoms with Crippen molar-refractivity contribution in [3.8, 4) is 16.3 Å². The van der Waals surface area contributed by atoms with Gasteiger partial charge in [-0.1, -0.05) is 30.3 Å². The van der Waals surface area contributed by atoms with Crippen LogP contribution in [0.25, 0.3) is 10.6 Å². The Morgan fingerprint density at radius 3 is 2.46 bits per heavy atom. The minimum absolute atomic E-state index is 0.315. The van der Waals surface area contributed by atoms with Crippen molar-refractivity contribution in [1.29, 1.82) is 0 Å². The van der Waals surface area contributed by atoms with E-state index in [2.05, 4.69) is 4.98 Å². The Labute approximate surface area is 144 Å². The van der Waals surface area contributed by atoms with E-state index in [1.165, 1.54) is 11.3 Å². The number of ether oxygens (including phenoxy) is 2. The first-order chi connectivity index (χ1) is 11.7. The van der Waals surface area contributed by atoms with Gasteiger partial charge < -0.3 is 9.47 Å². The number of benzene rings is 2. The van der Waals surface area contributed by atoms with Crippen molar-refractivity contribution in [2.45, 2.75) is 13.0 Å². The minimum atomic E-state index is -0.414. The average molecular weight is 339 g/mol. The summed E-state index contributed by atoms with van der Waals surface area (Å²) in [4.78, 5) is 16.7. The maximum absolute atomic E-state index is 12.3. The maximum Gasteiger partial charge on any atom is 0.358 e. The zero-order chi connectivity index (χ0) is 16.9. The van der Waals surface area contributed by atoms with Gasteiger partial charge in [-0.3, -0.25) is 0 Å². The summed E-state index contributed by atoms with van der Waals surface area (Å²) in [6, 6.07) is 17.2. The SMILES string of the molecule is COc1ccc(-c2nc(C(=O)O[C@H](C)c3ccccc3)cs2)cc1. The van der Waals surface area contributed by atoms with Gasteiger partial charge in [0.25, 0.3) is 0 Å². The van der Waals surface area contributed by atoms with Crippen LogP contribution in [0.2, 0.25) is 0 Å². The van der Waals surface area contributed by atoms with Gasteiger partial charge in [0.05, 0.1) is 7.11 Å². The lowest BCUT2D eigenvalue weighted by atomic mass is 10.1.